The second-order valence-corrected chi connectivity index (χ2v) is 2.11. The molecule has 3 N–H and O–H groups in total. The van der Waals surface area contributed by atoms with Crippen molar-refractivity contribution in [1.82, 2.24) is 5.43 Å². The Labute approximate surface area is 56.5 Å². The van der Waals surface area contributed by atoms with Crippen LogP contribution >= 0.6 is 0 Å². The topological polar surface area (TPSA) is 47.3 Å². The minimum Gasteiger partial charge on any atom is -0.383 e. The van der Waals surface area contributed by atoms with E-state index in [2.05, 4.69) is 12.3 Å². The number of hydrazine groups is 1. The smallest absolute Gasteiger partial charge is 0.0629 e. The average Bonchev–Trinajstić information content (AvgIpc) is 1.88. The first-order valence-electron chi connectivity index (χ1n) is 3.30. The van der Waals surface area contributed by atoms with Crippen molar-refractivity contribution < 1.29 is 4.74 Å². The quantitative estimate of drug-likeness (QED) is 0.417. The van der Waals surface area contributed by atoms with Gasteiger partial charge in [0.2, 0.25) is 0 Å². The Morgan fingerprint density at radius 2 is 2.33 bits per heavy atom. The molecular formula is C6H16N2O. The summed E-state index contributed by atoms with van der Waals surface area (Å²) < 4.78 is 4.90. The van der Waals surface area contributed by atoms with E-state index in [4.69, 9.17) is 10.6 Å². The summed E-state index contributed by atoms with van der Waals surface area (Å²) in [5.41, 5.74) is 2.68. The number of rotatable bonds is 5. The fraction of sp³-hybridized carbons (Fsp3) is 1.00. The van der Waals surface area contributed by atoms with Gasteiger partial charge in [0.05, 0.1) is 6.61 Å². The molecule has 0 aromatic rings. The molecule has 0 aliphatic carbocycles. The van der Waals surface area contributed by atoms with E-state index in [1.807, 2.05) is 0 Å². The molecule has 0 spiro atoms. The molecule has 0 saturated heterocycles. The number of hydrogen-bond acceptors (Lipinski definition) is 3. The van der Waals surface area contributed by atoms with Gasteiger partial charge in [-0.05, 0) is 6.42 Å². The van der Waals surface area contributed by atoms with Crippen molar-refractivity contribution in [3.05, 3.63) is 0 Å². The van der Waals surface area contributed by atoms with Crippen LogP contribution in [0.3, 0.4) is 0 Å². The van der Waals surface area contributed by atoms with E-state index >= 15 is 0 Å². The summed E-state index contributed by atoms with van der Waals surface area (Å²) in [6.45, 7) is 2.82. The maximum Gasteiger partial charge on any atom is 0.0629 e. The van der Waals surface area contributed by atoms with Gasteiger partial charge in [0.25, 0.3) is 0 Å². The monoisotopic (exact) mass is 132 g/mol. The Hall–Kier alpha value is -0.120. The third-order valence-electron chi connectivity index (χ3n) is 1.24. The molecular weight excluding hydrogens is 116 g/mol. The highest BCUT2D eigenvalue weighted by Crippen LogP contribution is 1.94. The van der Waals surface area contributed by atoms with E-state index in [9.17, 15) is 0 Å². The zero-order chi connectivity index (χ0) is 7.11. The van der Waals surface area contributed by atoms with Gasteiger partial charge in [-0.2, -0.15) is 0 Å². The van der Waals surface area contributed by atoms with Gasteiger partial charge < -0.3 is 4.74 Å². The molecule has 0 aliphatic rings. The highest BCUT2D eigenvalue weighted by molar-refractivity contribution is 4.59. The molecule has 0 fully saturated rings. The van der Waals surface area contributed by atoms with Crippen molar-refractivity contribution in [2.45, 2.75) is 25.8 Å². The van der Waals surface area contributed by atoms with Gasteiger partial charge in [-0.15, -0.1) is 0 Å². The van der Waals surface area contributed by atoms with Crippen LogP contribution in [0.25, 0.3) is 0 Å². The number of hydrogen-bond donors (Lipinski definition) is 2. The molecule has 0 aromatic carbocycles. The Morgan fingerprint density at radius 3 is 2.67 bits per heavy atom. The van der Waals surface area contributed by atoms with Crippen molar-refractivity contribution in [1.29, 1.82) is 0 Å². The van der Waals surface area contributed by atoms with Crippen LogP contribution in [0.1, 0.15) is 19.8 Å². The first kappa shape index (κ1) is 8.88. The van der Waals surface area contributed by atoms with Crippen molar-refractivity contribution in [3.8, 4) is 0 Å². The largest absolute Gasteiger partial charge is 0.383 e. The standard InChI is InChI=1S/C6H16N2O/c1-3-4-6(8-7)5-9-2/h6,8H,3-5,7H2,1-2H3/t6-/m0/s1. The molecule has 0 amide bonds. The van der Waals surface area contributed by atoms with Crippen LogP contribution in [0.2, 0.25) is 0 Å². The number of nitrogens with one attached hydrogen (secondary N) is 1. The molecule has 9 heavy (non-hydrogen) atoms. The van der Waals surface area contributed by atoms with Crippen molar-refractivity contribution in [3.63, 3.8) is 0 Å². The first-order chi connectivity index (χ1) is 4.35. The van der Waals surface area contributed by atoms with E-state index in [1.165, 1.54) is 0 Å². The molecule has 0 saturated carbocycles. The Morgan fingerprint density at radius 1 is 1.67 bits per heavy atom. The minimum absolute atomic E-state index is 0.319. The van der Waals surface area contributed by atoms with Crippen LogP contribution in [-0.2, 0) is 4.74 Å². The van der Waals surface area contributed by atoms with Gasteiger partial charge in [0, 0.05) is 13.2 Å². The van der Waals surface area contributed by atoms with Gasteiger partial charge in [-0.3, -0.25) is 11.3 Å². The zero-order valence-corrected chi connectivity index (χ0v) is 6.18. The summed E-state index contributed by atoms with van der Waals surface area (Å²) in [7, 11) is 1.68. The van der Waals surface area contributed by atoms with E-state index in [-0.39, 0.29) is 0 Å². The van der Waals surface area contributed by atoms with Crippen LogP contribution < -0.4 is 11.3 Å². The molecule has 1 atom stereocenters. The third-order valence-corrected chi connectivity index (χ3v) is 1.24. The second-order valence-electron chi connectivity index (χ2n) is 2.11. The van der Waals surface area contributed by atoms with E-state index in [1.54, 1.807) is 7.11 Å². The molecule has 0 radical (unpaired) electrons. The van der Waals surface area contributed by atoms with E-state index in [0.717, 1.165) is 12.8 Å². The predicted octanol–water partition coefficient (Wildman–Crippen LogP) is 0.265. The normalized spacial score (nSPS) is 13.7. The molecule has 0 bridgehead atoms. The minimum atomic E-state index is 0.319. The molecule has 0 rings (SSSR count). The molecule has 0 heterocycles. The fourth-order valence-electron chi connectivity index (χ4n) is 0.764. The predicted molar refractivity (Wildman–Crippen MR) is 37.9 cm³/mol. The Kier molecular flexibility index (Phi) is 5.93. The maximum absolute atomic E-state index is 5.21. The summed E-state index contributed by atoms with van der Waals surface area (Å²) in [5, 5.41) is 0. The van der Waals surface area contributed by atoms with Gasteiger partial charge in [0.15, 0.2) is 0 Å². The molecule has 3 nitrogen and oxygen atoms in total. The Bertz CT molecular complexity index is 53.0. The summed E-state index contributed by atoms with van der Waals surface area (Å²) in [5.74, 6) is 5.21. The highest BCUT2D eigenvalue weighted by atomic mass is 16.5. The SMILES string of the molecule is CCC[C@@H](COC)NN. The first-order valence-corrected chi connectivity index (χ1v) is 3.30. The molecule has 3 heteroatoms. The Balaban J connectivity index is 3.18. The van der Waals surface area contributed by atoms with Crippen LogP contribution in [0.4, 0.5) is 0 Å². The van der Waals surface area contributed by atoms with Gasteiger partial charge in [-0.1, -0.05) is 13.3 Å². The lowest BCUT2D eigenvalue weighted by atomic mass is 10.2. The molecule has 0 aliphatic heterocycles. The van der Waals surface area contributed by atoms with Crippen LogP contribution in [0, 0.1) is 0 Å². The van der Waals surface area contributed by atoms with Crippen LogP contribution in [-0.4, -0.2) is 19.8 Å². The highest BCUT2D eigenvalue weighted by Gasteiger charge is 2.01. The summed E-state index contributed by atoms with van der Waals surface area (Å²) in [6.07, 6.45) is 2.21. The summed E-state index contributed by atoms with van der Waals surface area (Å²) in [6, 6.07) is 0.319. The molecule has 56 valence electrons. The second kappa shape index (κ2) is 6.01. The number of nitrogens with two attached hydrogens (primary N) is 1. The summed E-state index contributed by atoms with van der Waals surface area (Å²) in [4.78, 5) is 0. The van der Waals surface area contributed by atoms with E-state index in [0.29, 0.717) is 12.6 Å². The lowest BCUT2D eigenvalue weighted by Gasteiger charge is -2.12. The lowest BCUT2D eigenvalue weighted by molar-refractivity contribution is 0.162. The van der Waals surface area contributed by atoms with Crippen molar-refractivity contribution in [2.75, 3.05) is 13.7 Å². The van der Waals surface area contributed by atoms with Crippen molar-refractivity contribution in [2.24, 2.45) is 5.84 Å². The van der Waals surface area contributed by atoms with Crippen molar-refractivity contribution >= 4 is 0 Å². The van der Waals surface area contributed by atoms with E-state index < -0.39 is 0 Å². The average molecular weight is 132 g/mol. The third kappa shape index (κ3) is 4.39. The maximum atomic E-state index is 5.21. The van der Waals surface area contributed by atoms with Gasteiger partial charge in [0.1, 0.15) is 0 Å². The molecule has 0 aromatic heterocycles. The van der Waals surface area contributed by atoms with Crippen LogP contribution in [0.15, 0.2) is 0 Å². The summed E-state index contributed by atoms with van der Waals surface area (Å²) >= 11 is 0. The number of methoxy groups -OCH3 is 1. The fourth-order valence-corrected chi connectivity index (χ4v) is 0.764. The van der Waals surface area contributed by atoms with Gasteiger partial charge >= 0.3 is 0 Å². The van der Waals surface area contributed by atoms with Crippen LogP contribution in [0.5, 0.6) is 0 Å². The van der Waals surface area contributed by atoms with Gasteiger partial charge in [-0.25, -0.2) is 0 Å². The lowest BCUT2D eigenvalue weighted by Crippen LogP contribution is -2.38. The molecule has 0 unspecified atom stereocenters. The number of ether oxygens (including phenoxy) is 1. The zero-order valence-electron chi connectivity index (χ0n) is 6.18.